The van der Waals surface area contributed by atoms with E-state index in [0.29, 0.717) is 17.2 Å². The SMILES string of the molecule is CCCc1nc(C(=O)O)c(-c2ccccc2OCC)s1. The van der Waals surface area contributed by atoms with Gasteiger partial charge >= 0.3 is 5.97 Å². The first-order valence-electron chi connectivity index (χ1n) is 6.62. The molecule has 4 nitrogen and oxygen atoms in total. The maximum atomic E-state index is 11.4. The summed E-state index contributed by atoms with van der Waals surface area (Å²) in [5.41, 5.74) is 0.914. The lowest BCUT2D eigenvalue weighted by Crippen LogP contribution is -2.00. The summed E-state index contributed by atoms with van der Waals surface area (Å²) in [5.74, 6) is -0.297. The van der Waals surface area contributed by atoms with Crippen LogP contribution in [0, 0.1) is 0 Å². The molecule has 1 N–H and O–H groups in total. The van der Waals surface area contributed by atoms with Gasteiger partial charge in [-0.05, 0) is 31.9 Å². The van der Waals surface area contributed by atoms with Crippen molar-refractivity contribution in [1.29, 1.82) is 0 Å². The van der Waals surface area contributed by atoms with E-state index in [1.807, 2.05) is 31.2 Å². The smallest absolute Gasteiger partial charge is 0.356 e. The molecular weight excluding hydrogens is 274 g/mol. The van der Waals surface area contributed by atoms with Crippen molar-refractivity contribution < 1.29 is 14.6 Å². The van der Waals surface area contributed by atoms with Crippen LogP contribution in [-0.2, 0) is 6.42 Å². The highest BCUT2D eigenvalue weighted by molar-refractivity contribution is 7.15. The van der Waals surface area contributed by atoms with Crippen molar-refractivity contribution in [2.24, 2.45) is 0 Å². The molecule has 1 aromatic heterocycles. The highest BCUT2D eigenvalue weighted by atomic mass is 32.1. The molecule has 0 aliphatic rings. The van der Waals surface area contributed by atoms with Crippen LogP contribution in [0.3, 0.4) is 0 Å². The van der Waals surface area contributed by atoms with Crippen LogP contribution in [0.1, 0.15) is 35.8 Å². The van der Waals surface area contributed by atoms with E-state index in [1.54, 1.807) is 0 Å². The number of ether oxygens (including phenoxy) is 1. The van der Waals surface area contributed by atoms with Crippen molar-refractivity contribution in [3.63, 3.8) is 0 Å². The molecule has 1 heterocycles. The lowest BCUT2D eigenvalue weighted by atomic mass is 10.1. The Kier molecular flexibility index (Phi) is 4.74. The second-order valence-electron chi connectivity index (χ2n) is 4.27. The number of aromatic carboxylic acids is 1. The molecule has 0 spiro atoms. The minimum Gasteiger partial charge on any atom is -0.493 e. The Labute approximate surface area is 122 Å². The molecule has 106 valence electrons. The van der Waals surface area contributed by atoms with Crippen LogP contribution in [0.15, 0.2) is 24.3 Å². The normalized spacial score (nSPS) is 10.5. The van der Waals surface area contributed by atoms with Crippen molar-refractivity contribution in [2.75, 3.05) is 6.61 Å². The van der Waals surface area contributed by atoms with Gasteiger partial charge in [0.1, 0.15) is 5.75 Å². The van der Waals surface area contributed by atoms with E-state index < -0.39 is 5.97 Å². The van der Waals surface area contributed by atoms with Gasteiger partial charge in [0.2, 0.25) is 0 Å². The van der Waals surface area contributed by atoms with Crippen LogP contribution in [0.5, 0.6) is 5.75 Å². The molecule has 0 aliphatic carbocycles. The second kappa shape index (κ2) is 6.52. The second-order valence-corrected chi connectivity index (χ2v) is 5.35. The summed E-state index contributed by atoms with van der Waals surface area (Å²) >= 11 is 1.43. The van der Waals surface area contributed by atoms with Crippen LogP contribution in [-0.4, -0.2) is 22.7 Å². The molecule has 0 aliphatic heterocycles. The zero-order valence-corrected chi connectivity index (χ0v) is 12.4. The van der Waals surface area contributed by atoms with Gasteiger partial charge in [-0.25, -0.2) is 9.78 Å². The number of thiazole rings is 1. The molecule has 0 amide bonds. The Morgan fingerprint density at radius 2 is 2.10 bits per heavy atom. The minimum atomic E-state index is -0.995. The van der Waals surface area contributed by atoms with Crippen LogP contribution >= 0.6 is 11.3 Å². The van der Waals surface area contributed by atoms with Crippen molar-refractivity contribution in [2.45, 2.75) is 26.7 Å². The summed E-state index contributed by atoms with van der Waals surface area (Å²) in [6, 6.07) is 7.48. The Balaban J connectivity index is 2.53. The first-order valence-corrected chi connectivity index (χ1v) is 7.44. The first kappa shape index (κ1) is 14.5. The average molecular weight is 291 g/mol. The molecule has 5 heteroatoms. The van der Waals surface area contributed by atoms with Gasteiger partial charge in [-0.1, -0.05) is 19.1 Å². The molecular formula is C15H17NO3S. The predicted octanol–water partition coefficient (Wildman–Crippen LogP) is 3.86. The lowest BCUT2D eigenvalue weighted by Gasteiger charge is -2.08. The molecule has 1 aromatic carbocycles. The monoisotopic (exact) mass is 291 g/mol. The largest absolute Gasteiger partial charge is 0.493 e. The van der Waals surface area contributed by atoms with Crippen molar-refractivity contribution >= 4 is 17.3 Å². The molecule has 0 atom stereocenters. The molecule has 0 bridgehead atoms. The summed E-state index contributed by atoms with van der Waals surface area (Å²) in [5, 5.41) is 10.2. The summed E-state index contributed by atoms with van der Waals surface area (Å²) in [6.07, 6.45) is 1.74. The van der Waals surface area contributed by atoms with Crippen molar-refractivity contribution in [1.82, 2.24) is 4.98 Å². The molecule has 0 radical (unpaired) electrons. The fourth-order valence-corrected chi connectivity index (χ4v) is 3.14. The van der Waals surface area contributed by atoms with E-state index in [2.05, 4.69) is 11.9 Å². The summed E-state index contributed by atoms with van der Waals surface area (Å²) in [6.45, 7) is 4.50. The van der Waals surface area contributed by atoms with Crippen LogP contribution in [0.25, 0.3) is 10.4 Å². The maximum absolute atomic E-state index is 11.4. The third kappa shape index (κ3) is 2.99. The standard InChI is InChI=1S/C15H17NO3S/c1-3-7-12-16-13(15(17)18)14(20-12)10-8-5-6-9-11(10)19-4-2/h5-6,8-9H,3-4,7H2,1-2H3,(H,17,18). The van der Waals surface area contributed by atoms with Gasteiger partial charge in [-0.3, -0.25) is 0 Å². The molecule has 0 unspecified atom stereocenters. The van der Waals surface area contributed by atoms with E-state index in [4.69, 9.17) is 4.74 Å². The number of hydrogen-bond acceptors (Lipinski definition) is 4. The maximum Gasteiger partial charge on any atom is 0.356 e. The minimum absolute atomic E-state index is 0.116. The molecule has 2 aromatic rings. The molecule has 0 saturated heterocycles. The summed E-state index contributed by atoms with van der Waals surface area (Å²) in [7, 11) is 0. The van der Waals surface area contributed by atoms with E-state index in [9.17, 15) is 9.90 Å². The number of aromatic nitrogens is 1. The number of aryl methyl sites for hydroxylation is 1. The zero-order valence-electron chi connectivity index (χ0n) is 11.5. The predicted molar refractivity (Wildman–Crippen MR) is 79.7 cm³/mol. The third-order valence-corrected chi connectivity index (χ3v) is 3.92. The van der Waals surface area contributed by atoms with Gasteiger partial charge in [-0.2, -0.15) is 0 Å². The number of hydrogen-bond donors (Lipinski definition) is 1. The van der Waals surface area contributed by atoms with E-state index in [0.717, 1.165) is 23.4 Å². The Bertz CT molecular complexity index is 607. The first-order chi connectivity index (χ1) is 9.67. The van der Waals surface area contributed by atoms with Gasteiger partial charge in [0.15, 0.2) is 5.69 Å². The van der Waals surface area contributed by atoms with Crippen molar-refractivity contribution in [3.05, 3.63) is 35.0 Å². The summed E-state index contributed by atoms with van der Waals surface area (Å²) < 4.78 is 5.58. The van der Waals surface area contributed by atoms with Gasteiger partial charge in [0.25, 0.3) is 0 Å². The molecule has 2 rings (SSSR count). The quantitative estimate of drug-likeness (QED) is 0.878. The number of para-hydroxylation sites is 1. The van der Waals surface area contributed by atoms with E-state index >= 15 is 0 Å². The van der Waals surface area contributed by atoms with Gasteiger partial charge in [-0.15, -0.1) is 11.3 Å². The number of carboxylic acid groups (broad SMARTS) is 1. The van der Waals surface area contributed by atoms with Crippen LogP contribution in [0.2, 0.25) is 0 Å². The fraction of sp³-hybridized carbons (Fsp3) is 0.333. The van der Waals surface area contributed by atoms with Crippen LogP contribution in [0.4, 0.5) is 0 Å². The highest BCUT2D eigenvalue weighted by Crippen LogP contribution is 2.37. The van der Waals surface area contributed by atoms with E-state index in [-0.39, 0.29) is 5.69 Å². The molecule has 0 saturated carbocycles. The van der Waals surface area contributed by atoms with Gasteiger partial charge < -0.3 is 9.84 Å². The Morgan fingerprint density at radius 3 is 2.75 bits per heavy atom. The fourth-order valence-electron chi connectivity index (χ4n) is 1.95. The topological polar surface area (TPSA) is 59.4 Å². The summed E-state index contributed by atoms with van der Waals surface area (Å²) in [4.78, 5) is 16.3. The van der Waals surface area contributed by atoms with Crippen molar-refractivity contribution in [3.8, 4) is 16.2 Å². The van der Waals surface area contributed by atoms with Gasteiger partial charge in [0, 0.05) is 5.56 Å². The third-order valence-electron chi connectivity index (χ3n) is 2.77. The number of benzene rings is 1. The van der Waals surface area contributed by atoms with Crippen LogP contribution < -0.4 is 4.74 Å². The Hall–Kier alpha value is -1.88. The average Bonchev–Trinajstić information content (AvgIpc) is 2.84. The number of carboxylic acids is 1. The van der Waals surface area contributed by atoms with Gasteiger partial charge in [0.05, 0.1) is 16.5 Å². The van der Waals surface area contributed by atoms with E-state index in [1.165, 1.54) is 11.3 Å². The Morgan fingerprint density at radius 1 is 1.35 bits per heavy atom. The molecule has 20 heavy (non-hydrogen) atoms. The molecule has 0 fully saturated rings. The number of nitrogens with zero attached hydrogens (tertiary/aromatic N) is 1. The zero-order chi connectivity index (χ0) is 14.5. The number of carbonyl (C=O) groups is 1. The highest BCUT2D eigenvalue weighted by Gasteiger charge is 2.20. The number of rotatable bonds is 6. The lowest BCUT2D eigenvalue weighted by molar-refractivity contribution is 0.0692.